The third-order valence-corrected chi connectivity index (χ3v) is 5.43. The summed E-state index contributed by atoms with van der Waals surface area (Å²) in [6, 6.07) is 8.51. The van der Waals surface area contributed by atoms with Crippen LogP contribution in [0.1, 0.15) is 23.3 Å². The highest BCUT2D eigenvalue weighted by Crippen LogP contribution is 2.25. The maximum absolute atomic E-state index is 5.24. The van der Waals surface area contributed by atoms with Gasteiger partial charge in [0.15, 0.2) is 5.13 Å². The number of nitrogens with one attached hydrogen (secondary N) is 1. The summed E-state index contributed by atoms with van der Waals surface area (Å²) in [6.45, 7) is 3.41. The van der Waals surface area contributed by atoms with Crippen LogP contribution in [0.2, 0.25) is 0 Å². The number of piperidine rings is 1. The van der Waals surface area contributed by atoms with E-state index in [1.807, 2.05) is 13.2 Å². The van der Waals surface area contributed by atoms with Gasteiger partial charge >= 0.3 is 0 Å². The first-order valence-electron chi connectivity index (χ1n) is 8.24. The largest absolute Gasteiger partial charge is 0.497 e. The number of thiazole rings is 1. The van der Waals surface area contributed by atoms with Crippen LogP contribution in [0.5, 0.6) is 5.75 Å². The number of nitrogens with zero attached hydrogens (tertiary/aromatic N) is 2. The third kappa shape index (κ3) is 4.45. The van der Waals surface area contributed by atoms with Gasteiger partial charge in [-0.25, -0.2) is 4.98 Å². The summed E-state index contributed by atoms with van der Waals surface area (Å²) < 4.78 is 5.24. The summed E-state index contributed by atoms with van der Waals surface area (Å²) in [5.41, 5.74) is 1.41. The first-order chi connectivity index (χ1) is 11.3. The van der Waals surface area contributed by atoms with Crippen molar-refractivity contribution < 1.29 is 4.74 Å². The molecule has 1 saturated heterocycles. The zero-order valence-electron chi connectivity index (χ0n) is 13.9. The molecule has 1 aromatic heterocycles. The van der Waals surface area contributed by atoms with Crippen LogP contribution >= 0.6 is 11.3 Å². The van der Waals surface area contributed by atoms with E-state index in [-0.39, 0.29) is 0 Å². The van der Waals surface area contributed by atoms with Crippen molar-refractivity contribution >= 4 is 16.5 Å². The molecule has 1 atom stereocenters. The normalized spacial score (nSPS) is 18.8. The van der Waals surface area contributed by atoms with Gasteiger partial charge in [0.05, 0.1) is 7.11 Å². The summed E-state index contributed by atoms with van der Waals surface area (Å²) >= 11 is 1.76. The summed E-state index contributed by atoms with van der Waals surface area (Å²) in [4.78, 5) is 8.29. The van der Waals surface area contributed by atoms with Crippen molar-refractivity contribution in [3.8, 4) is 5.75 Å². The maximum Gasteiger partial charge on any atom is 0.182 e. The summed E-state index contributed by atoms with van der Waals surface area (Å²) in [6.07, 6.45) is 5.78. The summed E-state index contributed by atoms with van der Waals surface area (Å²) in [5.74, 6) is 1.68. The molecule has 0 saturated carbocycles. The van der Waals surface area contributed by atoms with E-state index >= 15 is 0 Å². The topological polar surface area (TPSA) is 37.4 Å². The Hall–Kier alpha value is -1.59. The lowest BCUT2D eigenvalue weighted by atomic mass is 9.91. The van der Waals surface area contributed by atoms with E-state index in [1.54, 1.807) is 18.4 Å². The molecular formula is C18H25N3OS. The predicted octanol–water partition coefficient (Wildman–Crippen LogP) is 3.65. The minimum absolute atomic E-state index is 0.744. The molecule has 0 radical (unpaired) electrons. The zero-order chi connectivity index (χ0) is 16.1. The fraction of sp³-hybridized carbons (Fsp3) is 0.500. The molecule has 4 nitrogen and oxygen atoms in total. The number of rotatable bonds is 6. The van der Waals surface area contributed by atoms with Gasteiger partial charge in [-0.3, -0.25) is 4.90 Å². The second-order valence-corrected chi connectivity index (χ2v) is 7.29. The molecule has 0 aliphatic carbocycles. The van der Waals surface area contributed by atoms with Crippen LogP contribution in [-0.4, -0.2) is 37.1 Å². The van der Waals surface area contributed by atoms with Crippen LogP contribution in [0.3, 0.4) is 0 Å². The van der Waals surface area contributed by atoms with E-state index in [0.717, 1.165) is 29.8 Å². The number of likely N-dealkylation sites (tertiary alicyclic amines) is 1. The van der Waals surface area contributed by atoms with Crippen LogP contribution in [-0.2, 0) is 13.0 Å². The van der Waals surface area contributed by atoms with Crippen molar-refractivity contribution in [1.29, 1.82) is 0 Å². The summed E-state index contributed by atoms with van der Waals surface area (Å²) in [7, 11) is 3.64. The lowest BCUT2D eigenvalue weighted by Gasteiger charge is -2.32. The first-order valence-corrected chi connectivity index (χ1v) is 9.06. The fourth-order valence-corrected chi connectivity index (χ4v) is 4.08. The van der Waals surface area contributed by atoms with Crippen molar-refractivity contribution in [3.63, 3.8) is 0 Å². The van der Waals surface area contributed by atoms with Crippen molar-refractivity contribution in [2.75, 3.05) is 32.6 Å². The molecule has 0 amide bonds. The molecule has 23 heavy (non-hydrogen) atoms. The first kappa shape index (κ1) is 16.3. The minimum Gasteiger partial charge on any atom is -0.497 e. The van der Waals surface area contributed by atoms with Crippen molar-refractivity contribution in [2.45, 2.75) is 25.8 Å². The molecule has 1 aliphatic rings. The quantitative estimate of drug-likeness (QED) is 0.877. The van der Waals surface area contributed by atoms with Crippen LogP contribution in [0, 0.1) is 5.92 Å². The van der Waals surface area contributed by atoms with Gasteiger partial charge < -0.3 is 10.1 Å². The SMILES string of the molecule is CNc1ncc(CN2CCCC(Cc3ccc(OC)cc3)C2)s1. The molecule has 3 rings (SSSR count). The Labute approximate surface area is 142 Å². The van der Waals surface area contributed by atoms with Gasteiger partial charge in [-0.1, -0.05) is 12.1 Å². The van der Waals surface area contributed by atoms with Crippen LogP contribution in [0.15, 0.2) is 30.5 Å². The van der Waals surface area contributed by atoms with Crippen LogP contribution in [0.4, 0.5) is 5.13 Å². The predicted molar refractivity (Wildman–Crippen MR) is 96.4 cm³/mol. The van der Waals surface area contributed by atoms with Gasteiger partial charge in [0, 0.05) is 31.2 Å². The number of ether oxygens (including phenoxy) is 1. The van der Waals surface area contributed by atoms with Gasteiger partial charge in [-0.05, 0) is 49.4 Å². The molecule has 1 fully saturated rings. The van der Waals surface area contributed by atoms with Crippen molar-refractivity contribution in [1.82, 2.24) is 9.88 Å². The molecular weight excluding hydrogens is 306 g/mol. The van der Waals surface area contributed by atoms with Crippen molar-refractivity contribution in [3.05, 3.63) is 40.9 Å². The Morgan fingerprint density at radius 1 is 1.35 bits per heavy atom. The average molecular weight is 331 g/mol. The fourth-order valence-electron chi connectivity index (χ4n) is 3.27. The molecule has 5 heteroatoms. The Morgan fingerprint density at radius 2 is 2.17 bits per heavy atom. The lowest BCUT2D eigenvalue weighted by Crippen LogP contribution is -2.35. The Kier molecular flexibility index (Phi) is 5.51. The van der Waals surface area contributed by atoms with E-state index in [9.17, 15) is 0 Å². The van der Waals surface area contributed by atoms with Crippen molar-refractivity contribution in [2.24, 2.45) is 5.92 Å². The highest BCUT2D eigenvalue weighted by atomic mass is 32.1. The Morgan fingerprint density at radius 3 is 2.87 bits per heavy atom. The highest BCUT2D eigenvalue weighted by molar-refractivity contribution is 7.15. The van der Waals surface area contributed by atoms with Gasteiger partial charge in [0.2, 0.25) is 0 Å². The average Bonchev–Trinajstić information content (AvgIpc) is 3.03. The van der Waals surface area contributed by atoms with Gasteiger partial charge in [0.25, 0.3) is 0 Å². The van der Waals surface area contributed by atoms with Gasteiger partial charge in [-0.15, -0.1) is 11.3 Å². The second kappa shape index (κ2) is 7.79. The van der Waals surface area contributed by atoms with Gasteiger partial charge in [-0.2, -0.15) is 0 Å². The molecule has 2 heterocycles. The summed E-state index contributed by atoms with van der Waals surface area (Å²) in [5, 5.41) is 4.12. The smallest absolute Gasteiger partial charge is 0.182 e. The molecule has 2 aromatic rings. The number of benzene rings is 1. The molecule has 1 aromatic carbocycles. The highest BCUT2D eigenvalue weighted by Gasteiger charge is 2.20. The minimum atomic E-state index is 0.744. The molecule has 1 aliphatic heterocycles. The molecule has 0 spiro atoms. The second-order valence-electron chi connectivity index (χ2n) is 6.18. The van der Waals surface area contributed by atoms with E-state index in [0.29, 0.717) is 0 Å². The Balaban J connectivity index is 1.54. The maximum atomic E-state index is 5.24. The molecule has 124 valence electrons. The van der Waals surface area contributed by atoms with E-state index < -0.39 is 0 Å². The standard InChI is InChI=1S/C18H25N3OS/c1-19-18-20-11-17(23-18)13-21-9-3-4-15(12-21)10-14-5-7-16(22-2)8-6-14/h5-8,11,15H,3-4,9-10,12-13H2,1-2H3,(H,19,20). The van der Waals surface area contributed by atoms with Crippen LogP contribution in [0.25, 0.3) is 0 Å². The van der Waals surface area contributed by atoms with Gasteiger partial charge in [0.1, 0.15) is 5.75 Å². The zero-order valence-corrected chi connectivity index (χ0v) is 14.7. The molecule has 1 unspecified atom stereocenters. The van der Waals surface area contributed by atoms with E-state index in [4.69, 9.17) is 4.74 Å². The number of anilines is 1. The van der Waals surface area contributed by atoms with E-state index in [1.165, 1.54) is 36.4 Å². The lowest BCUT2D eigenvalue weighted by molar-refractivity contribution is 0.168. The number of methoxy groups -OCH3 is 1. The number of hydrogen-bond donors (Lipinski definition) is 1. The Bertz CT molecular complexity index is 611. The number of hydrogen-bond acceptors (Lipinski definition) is 5. The number of aromatic nitrogens is 1. The third-order valence-electron chi connectivity index (χ3n) is 4.43. The molecule has 0 bridgehead atoms. The monoisotopic (exact) mass is 331 g/mol. The molecule has 1 N–H and O–H groups in total. The van der Waals surface area contributed by atoms with E-state index in [2.05, 4.69) is 39.5 Å². The van der Waals surface area contributed by atoms with Crippen LogP contribution < -0.4 is 10.1 Å².